The monoisotopic (exact) mass is 500 g/mol. The van der Waals surface area contributed by atoms with Crippen LogP contribution < -0.4 is 9.67 Å². The van der Waals surface area contributed by atoms with Gasteiger partial charge in [0.1, 0.15) is 0 Å². The van der Waals surface area contributed by atoms with E-state index in [9.17, 15) is 19.5 Å². The third-order valence-corrected chi connectivity index (χ3v) is 6.73. The Labute approximate surface area is 194 Å². The molecule has 0 fully saturated rings. The summed E-state index contributed by atoms with van der Waals surface area (Å²) in [5, 5.41) is 25.2. The van der Waals surface area contributed by atoms with Gasteiger partial charge in [-0.1, -0.05) is 0 Å². The van der Waals surface area contributed by atoms with Gasteiger partial charge in [0.25, 0.3) is 0 Å². The molecule has 1 heterocycles. The van der Waals surface area contributed by atoms with Gasteiger partial charge >= 0.3 is 195 Å². The first-order chi connectivity index (χ1) is 15.9. The van der Waals surface area contributed by atoms with Gasteiger partial charge in [-0.2, -0.15) is 0 Å². The summed E-state index contributed by atoms with van der Waals surface area (Å²) in [5.74, 6) is -1.94. The van der Waals surface area contributed by atoms with Crippen molar-refractivity contribution < 1.29 is 24.0 Å². The van der Waals surface area contributed by atoms with Gasteiger partial charge in [-0.3, -0.25) is 0 Å². The van der Waals surface area contributed by atoms with Crippen molar-refractivity contribution in [3.63, 3.8) is 0 Å². The minimum atomic E-state index is -1.28. The summed E-state index contributed by atoms with van der Waals surface area (Å²) in [5.41, 5.74) is 1.27. The second kappa shape index (κ2) is 9.51. The van der Waals surface area contributed by atoms with E-state index in [0.717, 1.165) is 9.91 Å². The number of benzene rings is 3. The van der Waals surface area contributed by atoms with Crippen molar-refractivity contribution in [3.8, 4) is 6.07 Å². The first-order valence-electron chi connectivity index (χ1n) is 9.71. The number of aromatic carboxylic acids is 1. The Balaban J connectivity index is 1.56. The van der Waals surface area contributed by atoms with Crippen molar-refractivity contribution in [2.75, 3.05) is 5.32 Å². The number of carbonyl (C=O) groups excluding carboxylic acids is 2. The molecule has 0 aliphatic carbocycles. The Morgan fingerprint density at radius 1 is 1.06 bits per heavy atom. The number of nitriles is 1. The van der Waals surface area contributed by atoms with Gasteiger partial charge in [0.15, 0.2) is 0 Å². The number of anilines is 1. The molecular formula is C24H15AsN3O5. The summed E-state index contributed by atoms with van der Waals surface area (Å²) < 4.78 is 6.14. The fraction of sp³-hybridized carbons (Fsp3) is 0.0417. The fourth-order valence-electron chi connectivity index (χ4n) is 3.20. The van der Waals surface area contributed by atoms with Crippen LogP contribution in [0.2, 0.25) is 0 Å². The molecule has 0 aliphatic rings. The van der Waals surface area contributed by atoms with Crippen LogP contribution in [-0.4, -0.2) is 42.5 Å². The van der Waals surface area contributed by atoms with Gasteiger partial charge in [0, 0.05) is 0 Å². The predicted molar refractivity (Wildman–Crippen MR) is 121 cm³/mol. The van der Waals surface area contributed by atoms with E-state index in [4.69, 9.17) is 9.78 Å². The normalized spacial score (nSPS) is 10.9. The van der Waals surface area contributed by atoms with E-state index in [1.54, 1.807) is 18.2 Å². The number of aromatic nitrogens is 1. The molecule has 0 aliphatic heterocycles. The third-order valence-electron chi connectivity index (χ3n) is 4.75. The van der Waals surface area contributed by atoms with Crippen LogP contribution in [0.5, 0.6) is 0 Å². The molecule has 1 aromatic heterocycles. The van der Waals surface area contributed by atoms with Crippen LogP contribution in [0.4, 0.5) is 5.69 Å². The second-order valence-electron chi connectivity index (χ2n) is 7.01. The van der Waals surface area contributed by atoms with Crippen LogP contribution in [0.3, 0.4) is 0 Å². The van der Waals surface area contributed by atoms with Gasteiger partial charge < -0.3 is 0 Å². The summed E-state index contributed by atoms with van der Waals surface area (Å²) in [6, 6.07) is 20.4. The molecule has 33 heavy (non-hydrogen) atoms. The number of nitrogens with one attached hydrogen (secondary N) is 1. The number of nitrogens with zero attached hydrogens (tertiary/aromatic N) is 2. The average molecular weight is 500 g/mol. The van der Waals surface area contributed by atoms with Gasteiger partial charge in [-0.05, 0) is 0 Å². The quantitative estimate of drug-likeness (QED) is 0.373. The first-order valence-corrected chi connectivity index (χ1v) is 11.6. The summed E-state index contributed by atoms with van der Waals surface area (Å²) in [6.07, 6.45) is 0.340. The molecule has 0 atom stereocenters. The maximum atomic E-state index is 12.8. The number of hydrogen-bond acceptors (Lipinski definition) is 6. The Morgan fingerprint density at radius 2 is 1.85 bits per heavy atom. The zero-order valence-corrected chi connectivity index (χ0v) is 18.9. The molecule has 9 heteroatoms. The van der Waals surface area contributed by atoms with Crippen molar-refractivity contribution in [1.29, 1.82) is 5.26 Å². The zero-order valence-electron chi connectivity index (χ0n) is 17.0. The number of carboxylic acid groups (broad SMARTS) is 1. The van der Waals surface area contributed by atoms with Crippen LogP contribution in [0.25, 0.3) is 11.0 Å². The molecule has 3 aromatic carbocycles. The summed E-state index contributed by atoms with van der Waals surface area (Å²) in [7, 11) is 0. The molecule has 8 nitrogen and oxygen atoms in total. The number of fused-ring (bicyclic) bond motifs is 1. The van der Waals surface area contributed by atoms with Crippen LogP contribution in [0.1, 0.15) is 32.0 Å². The topological polar surface area (TPSA) is 133 Å². The van der Waals surface area contributed by atoms with E-state index in [1.807, 2.05) is 36.4 Å². The molecule has 1 radical (unpaired) electrons. The van der Waals surface area contributed by atoms with E-state index in [0.29, 0.717) is 17.4 Å². The molecule has 2 N–H and O–H groups in total. The van der Waals surface area contributed by atoms with E-state index in [2.05, 4.69) is 10.5 Å². The molecule has 1 amide bonds. The van der Waals surface area contributed by atoms with Crippen molar-refractivity contribution in [3.05, 3.63) is 89.1 Å². The number of rotatable bonds is 7. The van der Waals surface area contributed by atoms with Crippen molar-refractivity contribution >= 4 is 53.2 Å². The summed E-state index contributed by atoms with van der Waals surface area (Å²) in [6.45, 7) is 0. The molecule has 0 unspecified atom stereocenters. The Hall–Kier alpha value is -4.21. The second-order valence-corrected chi connectivity index (χ2v) is 9.61. The number of amides is 1. The van der Waals surface area contributed by atoms with E-state index < -0.39 is 27.6 Å². The molecule has 4 aromatic rings. The van der Waals surface area contributed by atoms with Crippen LogP contribution in [0, 0.1) is 11.3 Å². The first kappa shape index (κ1) is 22.0. The molecule has 161 valence electrons. The number of hydrogen-bond donors (Lipinski definition) is 2. The van der Waals surface area contributed by atoms with Crippen molar-refractivity contribution in [2.24, 2.45) is 0 Å². The van der Waals surface area contributed by atoms with Gasteiger partial charge in [0.05, 0.1) is 0 Å². The average Bonchev–Trinajstić information content (AvgIpc) is 3.23. The van der Waals surface area contributed by atoms with E-state index in [-0.39, 0.29) is 27.1 Å². The van der Waals surface area contributed by atoms with Gasteiger partial charge in [0.2, 0.25) is 0 Å². The van der Waals surface area contributed by atoms with Crippen molar-refractivity contribution in [2.45, 2.75) is 6.42 Å². The maximum absolute atomic E-state index is 12.8. The molecule has 0 spiro atoms. The van der Waals surface area contributed by atoms with E-state index in [1.165, 1.54) is 18.2 Å². The Bertz CT molecular complexity index is 1420. The predicted octanol–water partition coefficient (Wildman–Crippen LogP) is 2.75. The third kappa shape index (κ3) is 5.00. The molecular weight excluding hydrogens is 485 g/mol. The molecule has 0 saturated heterocycles. The minimum absolute atomic E-state index is 0.0238. The standard InChI is InChI=1S/C24H15AsN3O5/c26-13-15-6-8-19(17(10-15)24(31)32)27-23(30)22-18-12-16(7-9-20(18)33-28-22)25-21(29)11-14-4-2-1-3-5-14/h1-10,12H,11H2,(H,27,30)(H,31,32). The Kier molecular flexibility index (Phi) is 6.34. The Morgan fingerprint density at radius 3 is 2.58 bits per heavy atom. The molecule has 0 bridgehead atoms. The molecule has 4 rings (SSSR count). The van der Waals surface area contributed by atoms with E-state index >= 15 is 0 Å². The fourth-order valence-corrected chi connectivity index (χ4v) is 5.07. The van der Waals surface area contributed by atoms with Crippen LogP contribution in [0.15, 0.2) is 71.3 Å². The van der Waals surface area contributed by atoms with Crippen LogP contribution >= 0.6 is 0 Å². The van der Waals surface area contributed by atoms with Crippen LogP contribution in [-0.2, 0) is 11.2 Å². The van der Waals surface area contributed by atoms with Gasteiger partial charge in [-0.25, -0.2) is 0 Å². The van der Waals surface area contributed by atoms with Crippen molar-refractivity contribution in [1.82, 2.24) is 5.16 Å². The zero-order chi connectivity index (χ0) is 23.4. The molecule has 0 saturated carbocycles. The van der Waals surface area contributed by atoms with Gasteiger partial charge in [-0.15, -0.1) is 0 Å². The number of carboxylic acids is 1. The summed E-state index contributed by atoms with van der Waals surface area (Å²) in [4.78, 5) is 36.9. The summed E-state index contributed by atoms with van der Waals surface area (Å²) >= 11 is -0.799. The SMILES string of the molecule is N#Cc1ccc(NC(=O)c2noc3ccc([As]C(=O)Cc4ccccc4)cc23)c(C(=O)O)c1. The number of carbonyl (C=O) groups is 3.